The van der Waals surface area contributed by atoms with E-state index in [4.69, 9.17) is 0 Å². The predicted octanol–water partition coefficient (Wildman–Crippen LogP) is 2.93. The van der Waals surface area contributed by atoms with E-state index in [1.165, 1.54) is 13.2 Å². The molecule has 1 aromatic carbocycles. The molecule has 2 heterocycles. The van der Waals surface area contributed by atoms with Crippen molar-refractivity contribution in [3.8, 4) is 11.3 Å². The minimum Gasteiger partial charge on any atom is -0.465 e. The summed E-state index contributed by atoms with van der Waals surface area (Å²) in [5, 5.41) is 0. The van der Waals surface area contributed by atoms with Gasteiger partial charge in [-0.15, -0.1) is 0 Å². The fourth-order valence-electron chi connectivity index (χ4n) is 2.03. The number of pyridine rings is 1. The molecule has 0 unspecified atom stereocenters. The summed E-state index contributed by atoms with van der Waals surface area (Å²) in [6.07, 6.45) is 3.29. The first-order valence-electron chi connectivity index (χ1n) is 6.01. The van der Waals surface area contributed by atoms with Gasteiger partial charge in [-0.05, 0) is 24.3 Å². The van der Waals surface area contributed by atoms with Crippen molar-refractivity contribution in [2.45, 2.75) is 0 Å². The third kappa shape index (κ3) is 2.03. The van der Waals surface area contributed by atoms with Crippen molar-refractivity contribution in [1.82, 2.24) is 9.38 Å². The highest BCUT2D eigenvalue weighted by Crippen LogP contribution is 2.22. The van der Waals surface area contributed by atoms with Crippen LogP contribution in [0.2, 0.25) is 0 Å². The third-order valence-electron chi connectivity index (χ3n) is 3.02. The van der Waals surface area contributed by atoms with Gasteiger partial charge in [0.1, 0.15) is 11.5 Å². The van der Waals surface area contributed by atoms with Crippen LogP contribution in [-0.2, 0) is 4.74 Å². The molecule has 0 saturated carbocycles. The zero-order valence-corrected chi connectivity index (χ0v) is 10.7. The lowest BCUT2D eigenvalue weighted by Crippen LogP contribution is -2.02. The number of fused-ring (bicyclic) bond motifs is 1. The molecule has 0 saturated heterocycles. The number of esters is 1. The average molecular weight is 270 g/mol. The van der Waals surface area contributed by atoms with E-state index in [1.807, 2.05) is 0 Å². The van der Waals surface area contributed by atoms with Crippen LogP contribution in [0.1, 0.15) is 10.4 Å². The fraction of sp³-hybridized carbons (Fsp3) is 0.0667. The molecule has 0 N–H and O–H groups in total. The molecule has 5 heteroatoms. The SMILES string of the molecule is COC(=O)c1ccc2nc(-c3ccccc3F)cn2c1. The van der Waals surface area contributed by atoms with Crippen molar-refractivity contribution in [3.63, 3.8) is 0 Å². The zero-order valence-electron chi connectivity index (χ0n) is 10.7. The lowest BCUT2D eigenvalue weighted by Gasteiger charge is -1.99. The maximum Gasteiger partial charge on any atom is 0.339 e. The summed E-state index contributed by atoms with van der Waals surface area (Å²) in [5.74, 6) is -0.753. The number of imidazole rings is 1. The highest BCUT2D eigenvalue weighted by atomic mass is 19.1. The van der Waals surface area contributed by atoms with Crippen molar-refractivity contribution in [2.75, 3.05) is 7.11 Å². The molecule has 3 rings (SSSR count). The Bertz CT molecular complexity index is 795. The molecule has 0 aliphatic rings. The van der Waals surface area contributed by atoms with E-state index in [2.05, 4.69) is 9.72 Å². The minimum absolute atomic E-state index is 0.330. The summed E-state index contributed by atoms with van der Waals surface area (Å²) in [6.45, 7) is 0. The summed E-state index contributed by atoms with van der Waals surface area (Å²) in [6, 6.07) is 9.75. The molecule has 3 aromatic rings. The van der Waals surface area contributed by atoms with Crippen molar-refractivity contribution in [2.24, 2.45) is 0 Å². The van der Waals surface area contributed by atoms with Crippen LogP contribution in [0.3, 0.4) is 0 Å². The van der Waals surface area contributed by atoms with Gasteiger partial charge in [0.15, 0.2) is 0 Å². The number of hydrogen-bond acceptors (Lipinski definition) is 3. The Morgan fingerprint density at radius 1 is 1.20 bits per heavy atom. The first kappa shape index (κ1) is 12.3. The molecule has 0 aliphatic carbocycles. The van der Waals surface area contributed by atoms with Crippen LogP contribution in [0.15, 0.2) is 48.8 Å². The molecule has 0 aliphatic heterocycles. The molecular formula is C15H11FN2O2. The summed E-state index contributed by atoms with van der Waals surface area (Å²) >= 11 is 0. The van der Waals surface area contributed by atoms with E-state index in [0.717, 1.165) is 0 Å². The second-order valence-electron chi connectivity index (χ2n) is 4.28. The van der Waals surface area contributed by atoms with Crippen LogP contribution in [-0.4, -0.2) is 22.5 Å². The highest BCUT2D eigenvalue weighted by Gasteiger charge is 2.11. The Balaban J connectivity index is 2.12. The molecule has 0 fully saturated rings. The van der Waals surface area contributed by atoms with Crippen molar-refractivity contribution < 1.29 is 13.9 Å². The average Bonchev–Trinajstić information content (AvgIpc) is 2.89. The number of rotatable bonds is 2. The van der Waals surface area contributed by atoms with Gasteiger partial charge >= 0.3 is 5.97 Å². The summed E-state index contributed by atoms with van der Waals surface area (Å²) < 4.78 is 20.1. The van der Waals surface area contributed by atoms with Gasteiger partial charge in [-0.1, -0.05) is 12.1 Å². The summed E-state index contributed by atoms with van der Waals surface area (Å²) in [4.78, 5) is 15.8. The van der Waals surface area contributed by atoms with Crippen LogP contribution < -0.4 is 0 Å². The van der Waals surface area contributed by atoms with Gasteiger partial charge < -0.3 is 9.14 Å². The summed E-state index contributed by atoms with van der Waals surface area (Å²) in [7, 11) is 1.32. The van der Waals surface area contributed by atoms with Gasteiger partial charge in [0.25, 0.3) is 0 Å². The largest absolute Gasteiger partial charge is 0.465 e. The topological polar surface area (TPSA) is 43.6 Å². The lowest BCUT2D eigenvalue weighted by atomic mass is 10.1. The minimum atomic E-state index is -0.423. The quantitative estimate of drug-likeness (QED) is 0.672. The molecule has 0 bridgehead atoms. The van der Waals surface area contributed by atoms with Gasteiger partial charge in [-0.25, -0.2) is 14.2 Å². The fourth-order valence-corrected chi connectivity index (χ4v) is 2.03. The Morgan fingerprint density at radius 3 is 2.75 bits per heavy atom. The van der Waals surface area contributed by atoms with Crippen LogP contribution >= 0.6 is 0 Å². The van der Waals surface area contributed by atoms with Crippen LogP contribution in [0.4, 0.5) is 4.39 Å². The zero-order chi connectivity index (χ0) is 14.1. The van der Waals surface area contributed by atoms with E-state index in [0.29, 0.717) is 22.5 Å². The van der Waals surface area contributed by atoms with Crippen LogP contribution in [0.25, 0.3) is 16.9 Å². The second kappa shape index (κ2) is 4.77. The van der Waals surface area contributed by atoms with E-state index >= 15 is 0 Å². The Kier molecular flexibility index (Phi) is 2.95. The Morgan fingerprint density at radius 2 is 2.00 bits per heavy atom. The maximum absolute atomic E-state index is 13.7. The first-order valence-corrected chi connectivity index (χ1v) is 6.01. The van der Waals surface area contributed by atoms with E-state index in [9.17, 15) is 9.18 Å². The predicted molar refractivity (Wildman–Crippen MR) is 71.9 cm³/mol. The number of benzene rings is 1. The number of carbonyl (C=O) groups is 1. The van der Waals surface area contributed by atoms with Gasteiger partial charge in [-0.3, -0.25) is 0 Å². The number of hydrogen-bond donors (Lipinski definition) is 0. The number of carbonyl (C=O) groups excluding carboxylic acids is 1. The molecule has 4 nitrogen and oxygen atoms in total. The van der Waals surface area contributed by atoms with E-state index < -0.39 is 5.97 Å². The third-order valence-corrected chi connectivity index (χ3v) is 3.02. The van der Waals surface area contributed by atoms with Gasteiger partial charge in [0.2, 0.25) is 0 Å². The number of methoxy groups -OCH3 is 1. The van der Waals surface area contributed by atoms with E-state index in [1.54, 1.807) is 47.1 Å². The van der Waals surface area contributed by atoms with Crippen LogP contribution in [0.5, 0.6) is 0 Å². The molecule has 0 radical (unpaired) electrons. The number of ether oxygens (including phenoxy) is 1. The Labute approximate surface area is 114 Å². The standard InChI is InChI=1S/C15H11FN2O2/c1-20-15(19)10-6-7-14-17-13(9-18(14)8-10)11-4-2-3-5-12(11)16/h2-9H,1H3. The molecule has 100 valence electrons. The number of aromatic nitrogens is 2. The molecule has 0 amide bonds. The summed E-state index contributed by atoms with van der Waals surface area (Å²) in [5.41, 5.74) is 1.99. The monoisotopic (exact) mass is 270 g/mol. The second-order valence-corrected chi connectivity index (χ2v) is 4.28. The highest BCUT2D eigenvalue weighted by molar-refractivity contribution is 5.89. The van der Waals surface area contributed by atoms with Crippen LogP contribution in [0, 0.1) is 5.82 Å². The molecular weight excluding hydrogens is 259 g/mol. The molecule has 0 atom stereocenters. The first-order chi connectivity index (χ1) is 9.69. The Hall–Kier alpha value is -2.69. The number of halogens is 1. The van der Waals surface area contributed by atoms with Crippen molar-refractivity contribution in [3.05, 3.63) is 60.2 Å². The van der Waals surface area contributed by atoms with Gasteiger partial charge in [0.05, 0.1) is 18.4 Å². The molecule has 0 spiro atoms. The van der Waals surface area contributed by atoms with Gasteiger partial charge in [0, 0.05) is 18.0 Å². The molecule has 2 aromatic heterocycles. The van der Waals surface area contributed by atoms with E-state index in [-0.39, 0.29) is 5.82 Å². The maximum atomic E-state index is 13.7. The molecule has 20 heavy (non-hydrogen) atoms. The van der Waals surface area contributed by atoms with Crippen molar-refractivity contribution in [1.29, 1.82) is 0 Å². The lowest BCUT2D eigenvalue weighted by molar-refractivity contribution is 0.0600. The van der Waals surface area contributed by atoms with Crippen molar-refractivity contribution >= 4 is 11.6 Å². The smallest absolute Gasteiger partial charge is 0.339 e. The normalized spacial score (nSPS) is 10.7. The number of nitrogens with zero attached hydrogens (tertiary/aromatic N) is 2. The van der Waals surface area contributed by atoms with Gasteiger partial charge in [-0.2, -0.15) is 0 Å².